The van der Waals surface area contributed by atoms with Crippen molar-refractivity contribution >= 4 is 12.0 Å². The summed E-state index contributed by atoms with van der Waals surface area (Å²) < 4.78 is 5.34. The minimum atomic E-state index is -0.518. The second-order valence-corrected chi connectivity index (χ2v) is 7.44. The molecule has 1 aliphatic carbocycles. The molecule has 2 amide bonds. The summed E-state index contributed by atoms with van der Waals surface area (Å²) in [5.74, 6) is -0.184. The van der Waals surface area contributed by atoms with E-state index in [-0.39, 0.29) is 30.1 Å². The van der Waals surface area contributed by atoms with E-state index in [0.29, 0.717) is 25.9 Å². The summed E-state index contributed by atoms with van der Waals surface area (Å²) in [6.07, 6.45) is 3.33. The minimum Gasteiger partial charge on any atom is -0.444 e. The Morgan fingerprint density at radius 2 is 1.95 bits per heavy atom. The van der Waals surface area contributed by atoms with E-state index in [1.807, 2.05) is 20.8 Å². The molecule has 0 aromatic carbocycles. The van der Waals surface area contributed by atoms with E-state index in [4.69, 9.17) is 4.74 Å². The number of nitrogens with zero attached hydrogens (tertiary/aromatic N) is 1. The van der Waals surface area contributed by atoms with Crippen LogP contribution < -0.4 is 5.32 Å². The van der Waals surface area contributed by atoms with Crippen LogP contribution in [0.1, 0.15) is 52.9 Å². The number of rotatable bonds is 2. The van der Waals surface area contributed by atoms with Crippen molar-refractivity contribution in [2.45, 2.75) is 70.6 Å². The molecule has 2 rings (SSSR count). The zero-order valence-corrected chi connectivity index (χ0v) is 13.8. The third-order valence-electron chi connectivity index (χ3n) is 4.20. The van der Waals surface area contributed by atoms with Crippen molar-refractivity contribution in [2.24, 2.45) is 5.92 Å². The molecule has 2 N–H and O–H groups in total. The molecule has 1 aliphatic heterocycles. The van der Waals surface area contributed by atoms with Gasteiger partial charge in [0.25, 0.3) is 0 Å². The van der Waals surface area contributed by atoms with E-state index < -0.39 is 5.60 Å². The quantitative estimate of drug-likeness (QED) is 0.813. The molecule has 0 aromatic rings. The van der Waals surface area contributed by atoms with Gasteiger partial charge in [-0.25, -0.2) is 4.79 Å². The number of hydrogen-bond acceptors (Lipinski definition) is 4. The fourth-order valence-electron chi connectivity index (χ4n) is 3.08. The first-order valence-electron chi connectivity index (χ1n) is 8.21. The van der Waals surface area contributed by atoms with Gasteiger partial charge in [0, 0.05) is 19.1 Å². The van der Waals surface area contributed by atoms with Crippen LogP contribution in [0.5, 0.6) is 0 Å². The molecule has 0 spiro atoms. The van der Waals surface area contributed by atoms with E-state index in [1.165, 1.54) is 0 Å². The molecule has 22 heavy (non-hydrogen) atoms. The molecule has 0 radical (unpaired) electrons. The fraction of sp³-hybridized carbons (Fsp3) is 0.875. The third-order valence-corrected chi connectivity index (χ3v) is 4.20. The van der Waals surface area contributed by atoms with E-state index >= 15 is 0 Å². The number of carbonyl (C=O) groups is 2. The summed E-state index contributed by atoms with van der Waals surface area (Å²) in [6, 6.07) is 0.0619. The summed E-state index contributed by atoms with van der Waals surface area (Å²) in [5.41, 5.74) is -0.518. The average molecular weight is 312 g/mol. The highest BCUT2D eigenvalue weighted by Crippen LogP contribution is 2.22. The number of aliphatic hydroxyl groups excluding tert-OH is 1. The van der Waals surface area contributed by atoms with Crippen LogP contribution in [0.15, 0.2) is 0 Å². The first kappa shape index (κ1) is 17.1. The summed E-state index contributed by atoms with van der Waals surface area (Å²) in [6.45, 7) is 6.47. The highest BCUT2D eigenvalue weighted by molar-refractivity contribution is 5.80. The molecule has 6 nitrogen and oxygen atoms in total. The van der Waals surface area contributed by atoms with E-state index in [2.05, 4.69) is 5.32 Å². The molecule has 1 saturated heterocycles. The lowest BCUT2D eigenvalue weighted by atomic mass is 9.92. The Morgan fingerprint density at radius 1 is 1.23 bits per heavy atom. The largest absolute Gasteiger partial charge is 0.444 e. The molecule has 2 aliphatic rings. The predicted octanol–water partition coefficient (Wildman–Crippen LogP) is 1.66. The first-order valence-corrected chi connectivity index (χ1v) is 8.21. The molecule has 6 heteroatoms. The molecule has 3 atom stereocenters. The van der Waals surface area contributed by atoms with E-state index in [9.17, 15) is 14.7 Å². The van der Waals surface area contributed by atoms with Gasteiger partial charge in [-0.05, 0) is 52.9 Å². The van der Waals surface area contributed by atoms with Gasteiger partial charge >= 0.3 is 6.09 Å². The Hall–Kier alpha value is -1.30. The number of hydrogen-bond donors (Lipinski definition) is 2. The van der Waals surface area contributed by atoms with Crippen molar-refractivity contribution in [3.63, 3.8) is 0 Å². The van der Waals surface area contributed by atoms with Crippen LogP contribution in [0.4, 0.5) is 4.79 Å². The van der Waals surface area contributed by atoms with Gasteiger partial charge in [-0.3, -0.25) is 4.79 Å². The Balaban J connectivity index is 1.79. The summed E-state index contributed by atoms with van der Waals surface area (Å²) >= 11 is 0. The van der Waals surface area contributed by atoms with Gasteiger partial charge in [0.1, 0.15) is 5.60 Å². The van der Waals surface area contributed by atoms with Crippen molar-refractivity contribution in [2.75, 3.05) is 13.1 Å². The Bertz CT molecular complexity index is 419. The molecule has 126 valence electrons. The lowest BCUT2D eigenvalue weighted by molar-refractivity contribution is -0.125. The van der Waals surface area contributed by atoms with Crippen molar-refractivity contribution in [1.29, 1.82) is 0 Å². The molecule has 1 saturated carbocycles. The topological polar surface area (TPSA) is 78.9 Å². The Labute approximate surface area is 132 Å². The van der Waals surface area contributed by atoms with Crippen LogP contribution in [0, 0.1) is 5.92 Å². The number of ether oxygens (including phenoxy) is 1. The maximum atomic E-state index is 12.3. The van der Waals surface area contributed by atoms with Crippen molar-refractivity contribution in [3.8, 4) is 0 Å². The average Bonchev–Trinajstić information content (AvgIpc) is 2.86. The fourth-order valence-corrected chi connectivity index (χ4v) is 3.08. The van der Waals surface area contributed by atoms with Gasteiger partial charge in [-0.1, -0.05) is 0 Å². The van der Waals surface area contributed by atoms with Crippen LogP contribution in [0.25, 0.3) is 0 Å². The number of aliphatic hydroxyl groups is 1. The number of amides is 2. The van der Waals surface area contributed by atoms with E-state index in [1.54, 1.807) is 4.90 Å². The molecular formula is C16H28N2O4. The SMILES string of the molecule is CC(C)(C)OC(=O)N1CC[C@H](C(=O)NC2CCCC(O)C2)C1. The van der Waals surface area contributed by atoms with Gasteiger partial charge in [-0.2, -0.15) is 0 Å². The standard InChI is InChI=1S/C16H28N2O4/c1-16(2,3)22-15(21)18-8-7-11(10-18)14(20)17-12-5-4-6-13(19)9-12/h11-13,19H,4-10H2,1-3H3,(H,17,20)/t11-,12?,13?/m0/s1. The Kier molecular flexibility index (Phi) is 5.32. The third kappa shape index (κ3) is 4.87. The summed E-state index contributed by atoms with van der Waals surface area (Å²) in [4.78, 5) is 25.9. The zero-order valence-electron chi connectivity index (χ0n) is 13.8. The predicted molar refractivity (Wildman–Crippen MR) is 82.3 cm³/mol. The molecule has 2 unspecified atom stereocenters. The zero-order chi connectivity index (χ0) is 16.3. The maximum Gasteiger partial charge on any atom is 0.410 e. The molecular weight excluding hydrogens is 284 g/mol. The van der Waals surface area contributed by atoms with Gasteiger partial charge in [0.15, 0.2) is 0 Å². The van der Waals surface area contributed by atoms with Gasteiger partial charge < -0.3 is 20.1 Å². The molecule has 1 heterocycles. The summed E-state index contributed by atoms with van der Waals surface area (Å²) in [7, 11) is 0. The minimum absolute atomic E-state index is 0.00911. The van der Waals surface area contributed by atoms with Gasteiger partial charge in [0.2, 0.25) is 5.91 Å². The van der Waals surface area contributed by atoms with Crippen LogP contribution in [0.2, 0.25) is 0 Å². The lowest BCUT2D eigenvalue weighted by Gasteiger charge is -2.28. The summed E-state index contributed by atoms with van der Waals surface area (Å²) in [5, 5.41) is 12.7. The maximum absolute atomic E-state index is 12.3. The van der Waals surface area contributed by atoms with Crippen molar-refractivity contribution < 1.29 is 19.4 Å². The van der Waals surface area contributed by atoms with E-state index in [0.717, 1.165) is 19.3 Å². The van der Waals surface area contributed by atoms with Crippen LogP contribution in [-0.4, -0.2) is 52.8 Å². The van der Waals surface area contributed by atoms with Crippen molar-refractivity contribution in [3.05, 3.63) is 0 Å². The van der Waals surface area contributed by atoms with Gasteiger partial charge in [0.05, 0.1) is 12.0 Å². The number of carbonyl (C=O) groups excluding carboxylic acids is 2. The first-order chi connectivity index (χ1) is 10.2. The van der Waals surface area contributed by atoms with Crippen LogP contribution >= 0.6 is 0 Å². The molecule has 0 bridgehead atoms. The highest BCUT2D eigenvalue weighted by Gasteiger charge is 2.34. The highest BCUT2D eigenvalue weighted by atomic mass is 16.6. The van der Waals surface area contributed by atoms with Gasteiger partial charge in [-0.15, -0.1) is 0 Å². The monoisotopic (exact) mass is 312 g/mol. The Morgan fingerprint density at radius 3 is 2.59 bits per heavy atom. The molecule has 2 fully saturated rings. The van der Waals surface area contributed by atoms with Crippen LogP contribution in [-0.2, 0) is 9.53 Å². The normalized spacial score (nSPS) is 29.3. The second-order valence-electron chi connectivity index (χ2n) is 7.44. The smallest absolute Gasteiger partial charge is 0.410 e. The van der Waals surface area contributed by atoms with Crippen LogP contribution in [0.3, 0.4) is 0 Å². The number of likely N-dealkylation sites (tertiary alicyclic amines) is 1. The second kappa shape index (κ2) is 6.86. The van der Waals surface area contributed by atoms with Crippen molar-refractivity contribution in [1.82, 2.24) is 10.2 Å². The lowest BCUT2D eigenvalue weighted by Crippen LogP contribution is -2.43. The molecule has 0 aromatic heterocycles. The number of nitrogens with one attached hydrogen (secondary N) is 1.